The minimum Gasteiger partial charge on any atom is -0.339 e. The van der Waals surface area contributed by atoms with E-state index in [1.165, 1.54) is 11.8 Å². The highest BCUT2D eigenvalue weighted by atomic mass is 35.5. The molecule has 5 nitrogen and oxygen atoms in total. The number of nitrogens with one attached hydrogen (secondary N) is 2. The molecular formula is C12H14ClN5S. The number of halogens is 1. The van der Waals surface area contributed by atoms with Gasteiger partial charge in [-0.25, -0.2) is 15.8 Å². The Balaban J connectivity index is 2.34. The van der Waals surface area contributed by atoms with Crippen LogP contribution in [0.5, 0.6) is 0 Å². The van der Waals surface area contributed by atoms with E-state index >= 15 is 0 Å². The van der Waals surface area contributed by atoms with E-state index in [9.17, 15) is 0 Å². The van der Waals surface area contributed by atoms with Gasteiger partial charge in [-0.15, -0.1) is 0 Å². The van der Waals surface area contributed by atoms with Crippen molar-refractivity contribution >= 4 is 40.7 Å². The number of hydrazine groups is 1. The molecule has 1 aromatic carbocycles. The molecule has 1 aromatic heterocycles. The molecule has 0 unspecified atom stereocenters. The summed E-state index contributed by atoms with van der Waals surface area (Å²) < 4.78 is 0. The summed E-state index contributed by atoms with van der Waals surface area (Å²) in [5.41, 5.74) is 4.43. The molecule has 2 rings (SSSR count). The SMILES string of the molecule is CSc1nc(NN)cc(Nc2cc(C)ccc2Cl)n1. The number of nitrogens with two attached hydrogens (primary N) is 1. The van der Waals surface area contributed by atoms with Gasteiger partial charge in [0, 0.05) is 6.07 Å². The summed E-state index contributed by atoms with van der Waals surface area (Å²) in [7, 11) is 0. The van der Waals surface area contributed by atoms with Gasteiger partial charge in [0.15, 0.2) is 5.16 Å². The van der Waals surface area contributed by atoms with Gasteiger partial charge in [0.2, 0.25) is 0 Å². The zero-order chi connectivity index (χ0) is 13.8. The Morgan fingerprint density at radius 2 is 1.95 bits per heavy atom. The monoisotopic (exact) mass is 295 g/mol. The van der Waals surface area contributed by atoms with Gasteiger partial charge in [0.05, 0.1) is 10.7 Å². The Hall–Kier alpha value is -1.50. The summed E-state index contributed by atoms with van der Waals surface area (Å²) in [6.07, 6.45) is 1.90. The molecule has 100 valence electrons. The van der Waals surface area contributed by atoms with Crippen molar-refractivity contribution in [2.24, 2.45) is 5.84 Å². The lowest BCUT2D eigenvalue weighted by Crippen LogP contribution is -2.10. The summed E-state index contributed by atoms with van der Waals surface area (Å²) in [6, 6.07) is 7.48. The van der Waals surface area contributed by atoms with Crippen molar-refractivity contribution in [3.8, 4) is 0 Å². The van der Waals surface area contributed by atoms with Crippen LogP contribution >= 0.6 is 23.4 Å². The Bertz CT molecular complexity index is 568. The number of nitrogens with zero attached hydrogens (tertiary/aromatic N) is 2. The summed E-state index contributed by atoms with van der Waals surface area (Å²) in [5.74, 6) is 6.57. The second-order valence-electron chi connectivity index (χ2n) is 3.88. The topological polar surface area (TPSA) is 75.9 Å². The molecule has 0 spiro atoms. The molecule has 0 aliphatic carbocycles. The van der Waals surface area contributed by atoms with Crippen molar-refractivity contribution in [1.29, 1.82) is 0 Å². The first-order valence-corrected chi connectivity index (χ1v) is 7.15. The number of rotatable bonds is 4. The highest BCUT2D eigenvalue weighted by Gasteiger charge is 2.06. The number of hydrogen-bond donors (Lipinski definition) is 3. The fourth-order valence-corrected chi connectivity index (χ4v) is 2.07. The number of benzene rings is 1. The summed E-state index contributed by atoms with van der Waals surface area (Å²) in [5, 5.41) is 4.43. The van der Waals surface area contributed by atoms with Crippen molar-refractivity contribution in [3.05, 3.63) is 34.9 Å². The van der Waals surface area contributed by atoms with Gasteiger partial charge in [-0.3, -0.25) is 0 Å². The molecule has 0 saturated carbocycles. The first kappa shape index (κ1) is 13.9. The van der Waals surface area contributed by atoms with Crippen LogP contribution in [0.4, 0.5) is 17.3 Å². The molecule has 19 heavy (non-hydrogen) atoms. The average molecular weight is 296 g/mol. The zero-order valence-electron chi connectivity index (χ0n) is 10.6. The first-order valence-electron chi connectivity index (χ1n) is 5.55. The molecule has 0 aliphatic heterocycles. The van der Waals surface area contributed by atoms with Gasteiger partial charge in [0.25, 0.3) is 0 Å². The van der Waals surface area contributed by atoms with Gasteiger partial charge < -0.3 is 10.7 Å². The van der Waals surface area contributed by atoms with Crippen molar-refractivity contribution < 1.29 is 0 Å². The molecular weight excluding hydrogens is 282 g/mol. The summed E-state index contributed by atoms with van der Waals surface area (Å²) in [4.78, 5) is 8.55. The van der Waals surface area contributed by atoms with Crippen LogP contribution in [-0.2, 0) is 0 Å². The van der Waals surface area contributed by atoms with Crippen LogP contribution in [0, 0.1) is 6.92 Å². The van der Waals surface area contributed by atoms with E-state index in [4.69, 9.17) is 17.4 Å². The predicted octanol–water partition coefficient (Wildman–Crippen LogP) is 3.19. The second kappa shape index (κ2) is 6.10. The van der Waals surface area contributed by atoms with Crippen LogP contribution in [0.15, 0.2) is 29.4 Å². The maximum Gasteiger partial charge on any atom is 0.191 e. The molecule has 1 heterocycles. The Morgan fingerprint density at radius 1 is 1.21 bits per heavy atom. The first-order chi connectivity index (χ1) is 9.12. The van der Waals surface area contributed by atoms with Gasteiger partial charge in [-0.1, -0.05) is 29.4 Å². The van der Waals surface area contributed by atoms with E-state index < -0.39 is 0 Å². The summed E-state index contributed by atoms with van der Waals surface area (Å²) >= 11 is 7.58. The van der Waals surface area contributed by atoms with E-state index in [-0.39, 0.29) is 0 Å². The lowest BCUT2D eigenvalue weighted by atomic mass is 10.2. The van der Waals surface area contributed by atoms with E-state index in [1.807, 2.05) is 31.4 Å². The van der Waals surface area contributed by atoms with Crippen molar-refractivity contribution in [1.82, 2.24) is 9.97 Å². The Kier molecular flexibility index (Phi) is 4.47. The largest absolute Gasteiger partial charge is 0.339 e. The van der Waals surface area contributed by atoms with Crippen molar-refractivity contribution in [3.63, 3.8) is 0 Å². The van der Waals surface area contributed by atoms with Crippen molar-refractivity contribution in [2.45, 2.75) is 12.1 Å². The lowest BCUT2D eigenvalue weighted by molar-refractivity contribution is 0.971. The highest BCUT2D eigenvalue weighted by molar-refractivity contribution is 7.98. The molecule has 0 atom stereocenters. The Morgan fingerprint density at radius 3 is 2.63 bits per heavy atom. The fraction of sp³-hybridized carbons (Fsp3) is 0.167. The molecule has 0 bridgehead atoms. The maximum absolute atomic E-state index is 6.14. The van der Waals surface area contributed by atoms with Crippen LogP contribution in [0.25, 0.3) is 0 Å². The summed E-state index contributed by atoms with van der Waals surface area (Å²) in [6.45, 7) is 2.00. The van der Waals surface area contributed by atoms with Crippen LogP contribution in [0.2, 0.25) is 5.02 Å². The highest BCUT2D eigenvalue weighted by Crippen LogP contribution is 2.27. The molecule has 0 amide bonds. The molecule has 0 aliphatic rings. The van der Waals surface area contributed by atoms with Crippen LogP contribution in [0.1, 0.15) is 5.56 Å². The van der Waals surface area contributed by atoms with E-state index in [0.29, 0.717) is 21.8 Å². The second-order valence-corrected chi connectivity index (χ2v) is 5.06. The van der Waals surface area contributed by atoms with Gasteiger partial charge >= 0.3 is 0 Å². The number of thioether (sulfide) groups is 1. The molecule has 7 heteroatoms. The Labute approximate surface area is 120 Å². The third-order valence-corrected chi connectivity index (χ3v) is 3.30. The number of anilines is 3. The van der Waals surface area contributed by atoms with E-state index in [0.717, 1.165) is 11.3 Å². The van der Waals surface area contributed by atoms with Gasteiger partial charge in [0.1, 0.15) is 11.6 Å². The van der Waals surface area contributed by atoms with Crippen LogP contribution < -0.4 is 16.6 Å². The lowest BCUT2D eigenvalue weighted by Gasteiger charge is -2.10. The van der Waals surface area contributed by atoms with Gasteiger partial charge in [-0.05, 0) is 30.9 Å². The van der Waals surface area contributed by atoms with E-state index in [2.05, 4.69) is 20.7 Å². The smallest absolute Gasteiger partial charge is 0.191 e. The normalized spacial score (nSPS) is 10.3. The predicted molar refractivity (Wildman–Crippen MR) is 81.1 cm³/mol. The van der Waals surface area contributed by atoms with Crippen LogP contribution in [-0.4, -0.2) is 16.2 Å². The maximum atomic E-state index is 6.14. The van der Waals surface area contributed by atoms with Gasteiger partial charge in [-0.2, -0.15) is 0 Å². The number of aryl methyl sites for hydroxylation is 1. The van der Waals surface area contributed by atoms with Crippen molar-refractivity contribution in [2.75, 3.05) is 17.0 Å². The molecule has 0 radical (unpaired) electrons. The zero-order valence-corrected chi connectivity index (χ0v) is 12.1. The fourth-order valence-electron chi connectivity index (χ4n) is 1.53. The standard InChI is InChI=1S/C12H14ClN5S/c1-7-3-4-8(13)9(5-7)15-10-6-11(18-14)17-12(16-10)19-2/h3-6H,14H2,1-2H3,(H2,15,16,17,18). The number of nitrogen functional groups attached to an aromatic ring is 1. The van der Waals surface area contributed by atoms with Crippen LogP contribution in [0.3, 0.4) is 0 Å². The third kappa shape index (κ3) is 3.50. The number of hydrogen-bond acceptors (Lipinski definition) is 6. The molecule has 4 N–H and O–H groups in total. The minimum atomic E-state index is 0.547. The van der Waals surface area contributed by atoms with E-state index in [1.54, 1.807) is 6.07 Å². The minimum absolute atomic E-state index is 0.547. The molecule has 0 saturated heterocycles. The average Bonchev–Trinajstić information content (AvgIpc) is 2.42. The quantitative estimate of drug-likeness (QED) is 0.348. The molecule has 0 fully saturated rings. The number of aromatic nitrogens is 2. The third-order valence-electron chi connectivity index (χ3n) is 2.42. The molecule has 2 aromatic rings.